The molecule has 35 heavy (non-hydrogen) atoms. The number of benzene rings is 3. The highest BCUT2D eigenvalue weighted by Crippen LogP contribution is 2.33. The van der Waals surface area contributed by atoms with Crippen molar-refractivity contribution in [3.63, 3.8) is 0 Å². The number of Topliss-reactive ketones (excluding diaryl/α,β-unsaturated/α-hetero) is 1. The smallest absolute Gasteiger partial charge is 0.335 e. The van der Waals surface area contributed by atoms with Gasteiger partial charge in [-0.15, -0.1) is 0 Å². The largest absolute Gasteiger partial charge is 0.507 e. The molecule has 6 nitrogen and oxygen atoms in total. The molecule has 0 bridgehead atoms. The zero-order valence-corrected chi connectivity index (χ0v) is 20.8. The van der Waals surface area contributed by atoms with Crippen molar-refractivity contribution < 1.29 is 29.3 Å². The minimum atomic E-state index is -0.937. The van der Waals surface area contributed by atoms with E-state index in [1.54, 1.807) is 48.2 Å². The van der Waals surface area contributed by atoms with Crippen LogP contribution in [0.2, 0.25) is 0 Å². The molecule has 0 atom stereocenters. The number of carbonyl (C=O) groups is 2. The molecule has 3 aromatic rings. The topological polar surface area (TPSA) is 93.1 Å². The average molecular weight is 495 g/mol. The Morgan fingerprint density at radius 3 is 2.29 bits per heavy atom. The quantitative estimate of drug-likeness (QED) is 0.203. The van der Waals surface area contributed by atoms with Crippen molar-refractivity contribution >= 4 is 23.5 Å². The van der Waals surface area contributed by atoms with Crippen LogP contribution in [0.15, 0.2) is 70.5 Å². The molecule has 0 saturated carbocycles. The maximum Gasteiger partial charge on any atom is 0.335 e. The van der Waals surface area contributed by atoms with Crippen LogP contribution in [0.5, 0.6) is 17.2 Å². The van der Waals surface area contributed by atoms with Crippen molar-refractivity contribution in [2.75, 3.05) is 13.2 Å². The lowest BCUT2D eigenvalue weighted by atomic mass is 10.0. The molecule has 0 spiro atoms. The molecule has 0 fully saturated rings. The summed E-state index contributed by atoms with van der Waals surface area (Å²) in [6.45, 7) is 4.49. The molecule has 0 aliphatic rings. The lowest BCUT2D eigenvalue weighted by molar-refractivity contribution is 0.0696. The van der Waals surface area contributed by atoms with Gasteiger partial charge in [-0.05, 0) is 80.8 Å². The summed E-state index contributed by atoms with van der Waals surface area (Å²) in [5, 5.41) is 19.5. The monoisotopic (exact) mass is 494 g/mol. The van der Waals surface area contributed by atoms with Gasteiger partial charge >= 0.3 is 5.97 Å². The van der Waals surface area contributed by atoms with Crippen LogP contribution in [0.4, 0.5) is 0 Å². The predicted octanol–water partition coefficient (Wildman–Crippen LogP) is 6.63. The molecule has 0 saturated heterocycles. The van der Waals surface area contributed by atoms with Crippen LogP contribution in [0, 0.1) is 0 Å². The minimum absolute atomic E-state index is 0.0239. The molecule has 0 amide bonds. The number of rotatable bonds is 13. The van der Waals surface area contributed by atoms with Crippen LogP contribution in [-0.2, 0) is 6.42 Å². The summed E-state index contributed by atoms with van der Waals surface area (Å²) in [5.41, 5.74) is 1.28. The first-order valence-electron chi connectivity index (χ1n) is 11.6. The summed E-state index contributed by atoms with van der Waals surface area (Å²) < 4.78 is 11.8. The van der Waals surface area contributed by atoms with Gasteiger partial charge in [0.15, 0.2) is 5.78 Å². The number of hydrogen-bond donors (Lipinski definition) is 2. The average Bonchev–Trinajstić information content (AvgIpc) is 2.83. The van der Waals surface area contributed by atoms with E-state index in [0.717, 1.165) is 34.8 Å². The van der Waals surface area contributed by atoms with Crippen LogP contribution in [0.3, 0.4) is 0 Å². The van der Waals surface area contributed by atoms with E-state index < -0.39 is 5.97 Å². The number of phenolic OH excluding ortho intramolecular Hbond substituents is 1. The molecule has 0 unspecified atom stereocenters. The lowest BCUT2D eigenvalue weighted by Crippen LogP contribution is -2.05. The van der Waals surface area contributed by atoms with E-state index in [2.05, 4.69) is 0 Å². The number of carboxylic acids is 1. The Morgan fingerprint density at radius 2 is 1.63 bits per heavy atom. The fourth-order valence-electron chi connectivity index (χ4n) is 3.53. The number of unbranched alkanes of at least 4 members (excludes halogenated alkanes) is 1. The molecule has 0 aliphatic heterocycles. The van der Waals surface area contributed by atoms with Crippen LogP contribution in [0.1, 0.15) is 59.4 Å². The summed E-state index contributed by atoms with van der Waals surface area (Å²) in [4.78, 5) is 24.6. The number of aromatic hydroxyl groups is 1. The molecule has 184 valence electrons. The SMILES string of the molecule is CCCc1c(OCCCCOc2cccc(Sc3ccc(C(=O)O)cc3)c2)ccc(C(C)=O)c1O. The third-order valence-electron chi connectivity index (χ3n) is 5.33. The van der Waals surface area contributed by atoms with Gasteiger partial charge < -0.3 is 19.7 Å². The summed E-state index contributed by atoms with van der Waals surface area (Å²) >= 11 is 1.54. The second-order valence-electron chi connectivity index (χ2n) is 8.06. The highest BCUT2D eigenvalue weighted by atomic mass is 32.2. The van der Waals surface area contributed by atoms with Gasteiger partial charge in [-0.3, -0.25) is 4.79 Å². The Labute approximate surface area is 209 Å². The first-order chi connectivity index (χ1) is 16.9. The van der Waals surface area contributed by atoms with Crippen molar-refractivity contribution in [2.24, 2.45) is 0 Å². The van der Waals surface area contributed by atoms with Gasteiger partial charge in [0.2, 0.25) is 0 Å². The van der Waals surface area contributed by atoms with Crippen molar-refractivity contribution in [3.05, 3.63) is 77.4 Å². The molecule has 0 radical (unpaired) electrons. The standard InChI is InChI=1S/C28H30O6S/c1-3-7-25-26(15-14-24(19(2)29)27(25)30)34-17-5-4-16-33-21-8-6-9-23(18-21)35-22-12-10-20(11-13-22)28(31)32/h6,8-15,18,30H,3-5,7,16-17H2,1-2H3,(H,31,32). The Morgan fingerprint density at radius 1 is 0.914 bits per heavy atom. The Bertz CT molecular complexity index is 1160. The predicted molar refractivity (Wildman–Crippen MR) is 136 cm³/mol. The number of ketones is 1. The molecular formula is C28H30O6S. The second kappa shape index (κ2) is 12.9. The molecule has 0 aromatic heterocycles. The fourth-order valence-corrected chi connectivity index (χ4v) is 4.40. The number of hydrogen-bond acceptors (Lipinski definition) is 6. The summed E-state index contributed by atoms with van der Waals surface area (Å²) in [7, 11) is 0. The van der Waals surface area contributed by atoms with E-state index in [-0.39, 0.29) is 17.1 Å². The molecule has 0 aliphatic carbocycles. The van der Waals surface area contributed by atoms with Gasteiger partial charge in [-0.25, -0.2) is 4.79 Å². The first kappa shape index (κ1) is 26.2. The van der Waals surface area contributed by atoms with E-state index in [0.29, 0.717) is 36.5 Å². The van der Waals surface area contributed by atoms with E-state index in [1.165, 1.54) is 6.92 Å². The van der Waals surface area contributed by atoms with Gasteiger partial charge in [0.1, 0.15) is 17.2 Å². The van der Waals surface area contributed by atoms with Gasteiger partial charge in [0.05, 0.1) is 24.3 Å². The van der Waals surface area contributed by atoms with Crippen molar-refractivity contribution in [1.82, 2.24) is 0 Å². The van der Waals surface area contributed by atoms with Gasteiger partial charge in [-0.1, -0.05) is 31.2 Å². The first-order valence-corrected chi connectivity index (χ1v) is 12.4. The molecule has 0 heterocycles. The summed E-state index contributed by atoms with van der Waals surface area (Å²) in [6.07, 6.45) is 3.06. The third-order valence-corrected chi connectivity index (χ3v) is 6.32. The third kappa shape index (κ3) is 7.52. The summed E-state index contributed by atoms with van der Waals surface area (Å²) in [6, 6.07) is 17.9. The number of phenols is 1. The van der Waals surface area contributed by atoms with Gasteiger partial charge in [0.25, 0.3) is 0 Å². The van der Waals surface area contributed by atoms with Crippen LogP contribution in [-0.4, -0.2) is 35.2 Å². The zero-order valence-electron chi connectivity index (χ0n) is 20.0. The zero-order chi connectivity index (χ0) is 25.2. The Kier molecular flexibility index (Phi) is 9.61. The van der Waals surface area contributed by atoms with Crippen molar-refractivity contribution in [1.29, 1.82) is 0 Å². The van der Waals surface area contributed by atoms with Crippen LogP contribution < -0.4 is 9.47 Å². The van der Waals surface area contributed by atoms with E-state index in [9.17, 15) is 14.7 Å². The highest BCUT2D eigenvalue weighted by Gasteiger charge is 2.15. The minimum Gasteiger partial charge on any atom is -0.507 e. The maximum atomic E-state index is 11.7. The van der Waals surface area contributed by atoms with Crippen LogP contribution >= 0.6 is 11.8 Å². The Balaban J connectivity index is 1.46. The van der Waals surface area contributed by atoms with E-state index in [4.69, 9.17) is 14.6 Å². The van der Waals surface area contributed by atoms with E-state index >= 15 is 0 Å². The molecule has 2 N–H and O–H groups in total. The lowest BCUT2D eigenvalue weighted by Gasteiger charge is -2.14. The Hall–Kier alpha value is -3.45. The molecule has 3 aromatic carbocycles. The molecular weight excluding hydrogens is 464 g/mol. The van der Waals surface area contributed by atoms with Gasteiger partial charge in [-0.2, -0.15) is 0 Å². The summed E-state index contributed by atoms with van der Waals surface area (Å²) in [5.74, 6) is 0.315. The van der Waals surface area contributed by atoms with Crippen LogP contribution in [0.25, 0.3) is 0 Å². The maximum absolute atomic E-state index is 11.7. The van der Waals surface area contributed by atoms with Gasteiger partial charge in [0, 0.05) is 15.4 Å². The number of aromatic carboxylic acids is 1. The van der Waals surface area contributed by atoms with E-state index in [1.807, 2.05) is 31.2 Å². The van der Waals surface area contributed by atoms with Crippen molar-refractivity contribution in [2.45, 2.75) is 49.3 Å². The molecule has 3 rings (SSSR count). The number of carboxylic acid groups (broad SMARTS) is 1. The number of carbonyl (C=O) groups excluding carboxylic acids is 1. The fraction of sp³-hybridized carbons (Fsp3) is 0.286. The highest BCUT2D eigenvalue weighted by molar-refractivity contribution is 7.99. The van der Waals surface area contributed by atoms with Crippen molar-refractivity contribution in [3.8, 4) is 17.2 Å². The number of ether oxygens (including phenoxy) is 2. The molecule has 7 heteroatoms. The second-order valence-corrected chi connectivity index (χ2v) is 9.20. The normalized spacial score (nSPS) is 10.7.